The van der Waals surface area contributed by atoms with Crippen molar-refractivity contribution in [2.75, 3.05) is 6.54 Å². The van der Waals surface area contributed by atoms with E-state index < -0.39 is 10.0 Å². The van der Waals surface area contributed by atoms with Crippen LogP contribution in [0.2, 0.25) is 0 Å². The first-order chi connectivity index (χ1) is 7.83. The van der Waals surface area contributed by atoms with Crippen molar-refractivity contribution in [3.05, 3.63) is 29.8 Å². The van der Waals surface area contributed by atoms with Gasteiger partial charge in [-0.3, -0.25) is 4.79 Å². The first-order valence-corrected chi connectivity index (χ1v) is 6.92. The highest BCUT2D eigenvalue weighted by Gasteiger charge is 2.14. The van der Waals surface area contributed by atoms with Crippen molar-refractivity contribution >= 4 is 15.8 Å². The minimum Gasteiger partial charge on any atom is -0.295 e. The van der Waals surface area contributed by atoms with Crippen LogP contribution in [0.5, 0.6) is 0 Å². The molecule has 0 bridgehead atoms. The van der Waals surface area contributed by atoms with Gasteiger partial charge in [-0.15, -0.1) is 0 Å². The van der Waals surface area contributed by atoms with Gasteiger partial charge < -0.3 is 0 Å². The molecule has 4 nitrogen and oxygen atoms in total. The van der Waals surface area contributed by atoms with Gasteiger partial charge in [0.2, 0.25) is 10.0 Å². The van der Waals surface area contributed by atoms with Crippen LogP contribution in [0.15, 0.2) is 29.2 Å². The third kappa shape index (κ3) is 3.94. The number of carbonyl (C=O) groups is 1. The molecular weight excluding hydrogens is 238 g/mol. The van der Waals surface area contributed by atoms with E-state index in [4.69, 9.17) is 0 Å². The Hall–Kier alpha value is -1.20. The second-order valence-corrected chi connectivity index (χ2v) is 6.09. The second kappa shape index (κ2) is 5.42. The lowest BCUT2D eigenvalue weighted by atomic mass is 10.2. The first-order valence-electron chi connectivity index (χ1n) is 5.43. The lowest BCUT2D eigenvalue weighted by Gasteiger charge is -2.08. The molecule has 0 spiro atoms. The van der Waals surface area contributed by atoms with E-state index >= 15 is 0 Å². The number of ketones is 1. The minimum atomic E-state index is -3.46. The molecule has 0 radical (unpaired) electrons. The summed E-state index contributed by atoms with van der Waals surface area (Å²) in [6.45, 7) is 5.71. The van der Waals surface area contributed by atoms with E-state index in [1.807, 2.05) is 13.8 Å². The fraction of sp³-hybridized carbons (Fsp3) is 0.417. The molecule has 0 heterocycles. The summed E-state index contributed by atoms with van der Waals surface area (Å²) < 4.78 is 26.2. The number of hydrogen-bond donors (Lipinski definition) is 1. The molecule has 0 fully saturated rings. The molecule has 0 aliphatic heterocycles. The van der Waals surface area contributed by atoms with Crippen LogP contribution in [0.4, 0.5) is 0 Å². The van der Waals surface area contributed by atoms with Crippen molar-refractivity contribution in [2.24, 2.45) is 5.92 Å². The van der Waals surface area contributed by atoms with E-state index in [2.05, 4.69) is 4.72 Å². The van der Waals surface area contributed by atoms with Gasteiger partial charge in [-0.25, -0.2) is 13.1 Å². The van der Waals surface area contributed by atoms with E-state index in [0.717, 1.165) is 0 Å². The van der Waals surface area contributed by atoms with Crippen LogP contribution >= 0.6 is 0 Å². The maximum absolute atomic E-state index is 11.8. The molecule has 1 aromatic rings. The molecule has 0 amide bonds. The average Bonchev–Trinajstić information content (AvgIpc) is 2.27. The zero-order valence-corrected chi connectivity index (χ0v) is 11.0. The zero-order chi connectivity index (χ0) is 13.1. The van der Waals surface area contributed by atoms with Gasteiger partial charge in [0.25, 0.3) is 0 Å². The van der Waals surface area contributed by atoms with Crippen LogP contribution in [0.1, 0.15) is 31.1 Å². The Kier molecular flexibility index (Phi) is 4.42. The lowest BCUT2D eigenvalue weighted by Crippen LogP contribution is -2.27. The molecule has 1 N–H and O–H groups in total. The third-order valence-corrected chi connectivity index (χ3v) is 3.69. The second-order valence-electron chi connectivity index (χ2n) is 4.33. The third-order valence-electron chi connectivity index (χ3n) is 2.25. The normalized spacial score (nSPS) is 11.8. The van der Waals surface area contributed by atoms with Crippen molar-refractivity contribution in [3.8, 4) is 0 Å². The fourth-order valence-corrected chi connectivity index (χ4v) is 2.44. The summed E-state index contributed by atoms with van der Waals surface area (Å²) in [4.78, 5) is 11.2. The Balaban J connectivity index is 2.89. The molecule has 0 aliphatic rings. The molecular formula is C12H17NO3S. The van der Waals surface area contributed by atoms with Crippen LogP contribution in [-0.4, -0.2) is 20.7 Å². The average molecular weight is 255 g/mol. The molecule has 1 rings (SSSR count). The summed E-state index contributed by atoms with van der Waals surface area (Å²) in [5.41, 5.74) is 0.507. The largest absolute Gasteiger partial charge is 0.295 e. The zero-order valence-electron chi connectivity index (χ0n) is 10.2. The number of benzene rings is 1. The number of hydrogen-bond acceptors (Lipinski definition) is 3. The van der Waals surface area contributed by atoms with Crippen LogP contribution in [-0.2, 0) is 10.0 Å². The van der Waals surface area contributed by atoms with Gasteiger partial charge in [0.1, 0.15) is 0 Å². The van der Waals surface area contributed by atoms with Crippen molar-refractivity contribution < 1.29 is 13.2 Å². The number of nitrogens with one attached hydrogen (secondary N) is 1. The highest BCUT2D eigenvalue weighted by molar-refractivity contribution is 7.89. The van der Waals surface area contributed by atoms with Gasteiger partial charge >= 0.3 is 0 Å². The van der Waals surface area contributed by atoms with Crippen molar-refractivity contribution in [1.82, 2.24) is 4.72 Å². The van der Waals surface area contributed by atoms with Crippen molar-refractivity contribution in [3.63, 3.8) is 0 Å². The van der Waals surface area contributed by atoms with Crippen LogP contribution < -0.4 is 4.72 Å². The van der Waals surface area contributed by atoms with Gasteiger partial charge in [-0.2, -0.15) is 0 Å². The Morgan fingerprint density at radius 1 is 1.24 bits per heavy atom. The maximum Gasteiger partial charge on any atom is 0.240 e. The number of sulfonamides is 1. The summed E-state index contributed by atoms with van der Waals surface area (Å²) in [6, 6.07) is 5.93. The predicted molar refractivity (Wildman–Crippen MR) is 66.5 cm³/mol. The van der Waals surface area contributed by atoms with E-state index in [1.165, 1.54) is 31.2 Å². The van der Waals surface area contributed by atoms with E-state index in [0.29, 0.717) is 12.1 Å². The standard InChI is InChI=1S/C12H17NO3S/c1-9(2)8-13-17(15,16)12-6-4-11(5-7-12)10(3)14/h4-7,9,13H,8H2,1-3H3. The topological polar surface area (TPSA) is 63.2 Å². The molecule has 94 valence electrons. The van der Waals surface area contributed by atoms with Crippen LogP contribution in [0.3, 0.4) is 0 Å². The Bertz CT molecular complexity index is 489. The number of carbonyl (C=O) groups excluding carboxylic acids is 1. The monoisotopic (exact) mass is 255 g/mol. The smallest absolute Gasteiger partial charge is 0.240 e. The first kappa shape index (κ1) is 13.9. The molecule has 0 saturated carbocycles. The lowest BCUT2D eigenvalue weighted by molar-refractivity contribution is 0.101. The summed E-state index contributed by atoms with van der Waals surface area (Å²) in [5.74, 6) is 0.172. The van der Waals surface area contributed by atoms with Gasteiger partial charge in [0, 0.05) is 12.1 Å². The Labute approximate surface area is 102 Å². The number of rotatable bonds is 5. The highest BCUT2D eigenvalue weighted by atomic mass is 32.2. The molecule has 0 saturated heterocycles. The van der Waals surface area contributed by atoms with Gasteiger partial charge in [0.05, 0.1) is 4.90 Å². The van der Waals surface area contributed by atoms with Crippen LogP contribution in [0, 0.1) is 5.92 Å². The minimum absolute atomic E-state index is 0.0795. The maximum atomic E-state index is 11.8. The Morgan fingerprint density at radius 3 is 2.18 bits per heavy atom. The predicted octanol–water partition coefficient (Wildman–Crippen LogP) is 1.82. The quantitative estimate of drug-likeness (QED) is 0.816. The van der Waals surface area contributed by atoms with E-state index in [1.54, 1.807) is 0 Å². The van der Waals surface area contributed by atoms with Crippen LogP contribution in [0.25, 0.3) is 0 Å². The molecule has 5 heteroatoms. The summed E-state index contributed by atoms with van der Waals surface area (Å²) in [5, 5.41) is 0. The molecule has 0 atom stereocenters. The SMILES string of the molecule is CC(=O)c1ccc(S(=O)(=O)NCC(C)C)cc1. The van der Waals surface area contributed by atoms with Gasteiger partial charge in [-0.1, -0.05) is 26.0 Å². The summed E-state index contributed by atoms with van der Waals surface area (Å²) in [6.07, 6.45) is 0. The molecule has 0 unspecified atom stereocenters. The number of Topliss-reactive ketones (excluding diaryl/α,β-unsaturated/α-hetero) is 1. The Morgan fingerprint density at radius 2 is 1.76 bits per heavy atom. The fourth-order valence-electron chi connectivity index (χ4n) is 1.23. The van der Waals surface area contributed by atoms with Gasteiger partial charge in [0.15, 0.2) is 5.78 Å². The summed E-state index contributed by atoms with van der Waals surface area (Å²) >= 11 is 0. The van der Waals surface area contributed by atoms with Crippen molar-refractivity contribution in [2.45, 2.75) is 25.7 Å². The van der Waals surface area contributed by atoms with Gasteiger partial charge in [-0.05, 0) is 25.0 Å². The highest BCUT2D eigenvalue weighted by Crippen LogP contribution is 2.11. The molecule has 1 aromatic carbocycles. The van der Waals surface area contributed by atoms with E-state index in [-0.39, 0.29) is 16.6 Å². The van der Waals surface area contributed by atoms with E-state index in [9.17, 15) is 13.2 Å². The summed E-state index contributed by atoms with van der Waals surface area (Å²) in [7, 11) is -3.46. The molecule has 17 heavy (non-hydrogen) atoms. The molecule has 0 aliphatic carbocycles. The van der Waals surface area contributed by atoms with Crippen molar-refractivity contribution in [1.29, 1.82) is 0 Å². The molecule has 0 aromatic heterocycles.